The lowest BCUT2D eigenvalue weighted by atomic mass is 10.0. The molecule has 2 rings (SSSR count). The van der Waals surface area contributed by atoms with Crippen molar-refractivity contribution >= 4 is 18.5 Å². The number of amidine groups is 1. The largest absolute Gasteiger partial charge is 0.387 e. The number of thiol groups is 1. The quantitative estimate of drug-likeness (QED) is 0.678. The van der Waals surface area contributed by atoms with Crippen LogP contribution >= 0.6 is 12.6 Å². The summed E-state index contributed by atoms with van der Waals surface area (Å²) in [5.41, 5.74) is 5.68. The van der Waals surface area contributed by atoms with Crippen LogP contribution in [0.1, 0.15) is 20.3 Å². The molecular formula is C11H19N3OS. The summed E-state index contributed by atoms with van der Waals surface area (Å²) in [6.07, 6.45) is 0.971. The average molecular weight is 241 g/mol. The fraction of sp³-hybridized carbons (Fsp3) is 0.727. The highest BCUT2D eigenvalue weighted by Crippen LogP contribution is 2.34. The Morgan fingerprint density at radius 3 is 2.75 bits per heavy atom. The van der Waals surface area contributed by atoms with E-state index in [0.717, 1.165) is 13.0 Å². The van der Waals surface area contributed by atoms with E-state index in [1.165, 1.54) is 0 Å². The molecule has 1 fully saturated rings. The minimum absolute atomic E-state index is 0.0295. The van der Waals surface area contributed by atoms with Crippen molar-refractivity contribution in [2.75, 3.05) is 6.54 Å². The van der Waals surface area contributed by atoms with E-state index in [9.17, 15) is 0 Å². The molecule has 0 aromatic carbocycles. The van der Waals surface area contributed by atoms with Gasteiger partial charge < -0.3 is 15.4 Å². The van der Waals surface area contributed by atoms with Crippen molar-refractivity contribution in [3.8, 4) is 0 Å². The standard InChI is InChI=1S/C11H19N3OS/c1-6-10(16)7(2)15-11(6)14-5-4-9(12)13-8(14)3/h6-7,10-11,16H,3-5H2,1-2H3,(H2,12,13). The van der Waals surface area contributed by atoms with Crippen LogP contribution in [0.2, 0.25) is 0 Å². The van der Waals surface area contributed by atoms with Crippen LogP contribution in [-0.4, -0.2) is 34.9 Å². The summed E-state index contributed by atoms with van der Waals surface area (Å²) in [5, 5.41) is 0.265. The zero-order valence-corrected chi connectivity index (χ0v) is 10.7. The van der Waals surface area contributed by atoms with Crippen molar-refractivity contribution in [1.29, 1.82) is 0 Å². The lowest BCUT2D eigenvalue weighted by Crippen LogP contribution is -2.42. The predicted molar refractivity (Wildman–Crippen MR) is 68.4 cm³/mol. The first-order valence-corrected chi connectivity index (χ1v) is 6.14. The number of hydrogen-bond acceptors (Lipinski definition) is 5. The van der Waals surface area contributed by atoms with Gasteiger partial charge in [-0.1, -0.05) is 13.5 Å². The zero-order chi connectivity index (χ0) is 11.9. The van der Waals surface area contributed by atoms with Crippen molar-refractivity contribution in [3.05, 3.63) is 12.4 Å². The molecule has 1 saturated heterocycles. The molecule has 2 N–H and O–H groups in total. The van der Waals surface area contributed by atoms with Crippen molar-refractivity contribution in [2.45, 2.75) is 37.9 Å². The van der Waals surface area contributed by atoms with Gasteiger partial charge >= 0.3 is 0 Å². The molecule has 4 nitrogen and oxygen atoms in total. The van der Waals surface area contributed by atoms with Crippen molar-refractivity contribution in [1.82, 2.24) is 4.90 Å². The maximum absolute atomic E-state index is 5.91. The molecule has 4 atom stereocenters. The molecule has 0 aromatic heterocycles. The first-order valence-electron chi connectivity index (χ1n) is 5.63. The Kier molecular flexibility index (Phi) is 3.17. The Morgan fingerprint density at radius 1 is 1.56 bits per heavy atom. The van der Waals surface area contributed by atoms with Crippen molar-refractivity contribution in [2.24, 2.45) is 16.6 Å². The summed E-state index contributed by atoms with van der Waals surface area (Å²) in [7, 11) is 0. The van der Waals surface area contributed by atoms with Gasteiger partial charge in [0.25, 0.3) is 0 Å². The summed E-state index contributed by atoms with van der Waals surface area (Å²) in [6, 6.07) is 0. The molecule has 90 valence electrons. The van der Waals surface area contributed by atoms with E-state index in [1.54, 1.807) is 0 Å². The van der Waals surface area contributed by atoms with E-state index < -0.39 is 0 Å². The molecule has 0 aromatic rings. The second kappa shape index (κ2) is 4.30. The monoisotopic (exact) mass is 241 g/mol. The van der Waals surface area contributed by atoms with Crippen LogP contribution in [0.15, 0.2) is 17.4 Å². The minimum atomic E-state index is 0.0295. The molecule has 0 saturated carbocycles. The number of hydrogen-bond donors (Lipinski definition) is 2. The van der Waals surface area contributed by atoms with Crippen LogP contribution in [0.3, 0.4) is 0 Å². The van der Waals surface area contributed by atoms with Crippen molar-refractivity contribution < 1.29 is 4.74 Å². The summed E-state index contributed by atoms with van der Waals surface area (Å²) in [4.78, 5) is 6.31. The van der Waals surface area contributed by atoms with Gasteiger partial charge in [0.15, 0.2) is 0 Å². The Bertz CT molecular complexity index is 331. The fourth-order valence-electron chi connectivity index (χ4n) is 2.30. The fourth-order valence-corrected chi connectivity index (χ4v) is 2.52. The normalized spacial score (nSPS) is 40.1. The highest BCUT2D eigenvalue weighted by Gasteiger charge is 2.41. The lowest BCUT2D eigenvalue weighted by Gasteiger charge is -2.35. The average Bonchev–Trinajstić information content (AvgIpc) is 2.46. The van der Waals surface area contributed by atoms with Crippen LogP contribution in [0.5, 0.6) is 0 Å². The summed E-state index contributed by atoms with van der Waals surface area (Å²) in [5.74, 6) is 1.72. The maximum atomic E-state index is 5.91. The molecule has 4 unspecified atom stereocenters. The molecule has 2 aliphatic heterocycles. The highest BCUT2D eigenvalue weighted by atomic mass is 32.1. The molecule has 0 amide bonds. The molecular weight excluding hydrogens is 222 g/mol. The second-order valence-corrected chi connectivity index (χ2v) is 5.14. The third-order valence-electron chi connectivity index (χ3n) is 3.34. The van der Waals surface area contributed by atoms with Crippen LogP contribution < -0.4 is 5.73 Å². The molecule has 2 aliphatic rings. The summed E-state index contributed by atoms with van der Waals surface area (Å²) >= 11 is 4.57. The van der Waals surface area contributed by atoms with E-state index in [1.807, 2.05) is 0 Å². The number of aliphatic imine (C=N–C) groups is 1. The van der Waals surface area contributed by atoms with Gasteiger partial charge in [0.05, 0.1) is 6.10 Å². The highest BCUT2D eigenvalue weighted by molar-refractivity contribution is 7.81. The minimum Gasteiger partial charge on any atom is -0.387 e. The number of rotatable bonds is 1. The SMILES string of the molecule is C=C1N=C(N)CCN1C1OC(C)C(S)C1C. The van der Waals surface area contributed by atoms with Crippen LogP contribution in [-0.2, 0) is 4.74 Å². The van der Waals surface area contributed by atoms with Gasteiger partial charge in [-0.25, -0.2) is 4.99 Å². The van der Waals surface area contributed by atoms with Gasteiger partial charge in [-0.05, 0) is 6.92 Å². The molecule has 0 spiro atoms. The Morgan fingerprint density at radius 2 is 2.25 bits per heavy atom. The third-order valence-corrected chi connectivity index (χ3v) is 4.23. The summed E-state index contributed by atoms with van der Waals surface area (Å²) in [6.45, 7) is 8.97. The Labute approximate surface area is 102 Å². The van der Waals surface area contributed by atoms with Gasteiger partial charge in [-0.3, -0.25) is 0 Å². The maximum Gasteiger partial charge on any atom is 0.135 e. The van der Waals surface area contributed by atoms with E-state index in [0.29, 0.717) is 17.6 Å². The predicted octanol–water partition coefficient (Wildman–Crippen LogP) is 1.20. The smallest absolute Gasteiger partial charge is 0.135 e. The Hall–Kier alpha value is -0.680. The first-order chi connectivity index (χ1) is 7.50. The zero-order valence-electron chi connectivity index (χ0n) is 9.76. The molecule has 0 bridgehead atoms. The van der Waals surface area contributed by atoms with Gasteiger partial charge in [0.2, 0.25) is 0 Å². The molecule has 16 heavy (non-hydrogen) atoms. The molecule has 0 radical (unpaired) electrons. The molecule has 5 heteroatoms. The van der Waals surface area contributed by atoms with E-state index in [-0.39, 0.29) is 17.6 Å². The van der Waals surface area contributed by atoms with Crippen LogP contribution in [0.4, 0.5) is 0 Å². The topological polar surface area (TPSA) is 50.8 Å². The van der Waals surface area contributed by atoms with Gasteiger partial charge in [0, 0.05) is 24.1 Å². The first kappa shape index (κ1) is 11.8. The number of nitrogens with two attached hydrogens (primary N) is 1. The van der Waals surface area contributed by atoms with Gasteiger partial charge in [0.1, 0.15) is 17.9 Å². The van der Waals surface area contributed by atoms with Gasteiger partial charge in [-0.15, -0.1) is 0 Å². The van der Waals surface area contributed by atoms with Crippen LogP contribution in [0, 0.1) is 5.92 Å². The molecule has 0 aliphatic carbocycles. The van der Waals surface area contributed by atoms with Crippen LogP contribution in [0.25, 0.3) is 0 Å². The Balaban J connectivity index is 2.12. The number of nitrogens with zero attached hydrogens (tertiary/aromatic N) is 2. The molecule has 2 heterocycles. The summed E-state index contributed by atoms with van der Waals surface area (Å²) < 4.78 is 5.91. The number of ether oxygens (including phenoxy) is 1. The lowest BCUT2D eigenvalue weighted by molar-refractivity contribution is -0.0465. The van der Waals surface area contributed by atoms with E-state index in [4.69, 9.17) is 10.5 Å². The van der Waals surface area contributed by atoms with E-state index in [2.05, 4.69) is 42.9 Å². The van der Waals surface area contributed by atoms with E-state index >= 15 is 0 Å². The van der Waals surface area contributed by atoms with Crippen molar-refractivity contribution in [3.63, 3.8) is 0 Å². The third kappa shape index (κ3) is 1.94. The van der Waals surface area contributed by atoms with Gasteiger partial charge in [-0.2, -0.15) is 12.6 Å². The second-order valence-electron chi connectivity index (χ2n) is 4.54.